The molecule has 5 rings (SSSR count). The fraction of sp³-hybridized carbons (Fsp3) is 0.500. The largest absolute Gasteiger partial charge is 0.741 e. The molecule has 0 radical (unpaired) electrons. The van der Waals surface area contributed by atoms with E-state index in [0.717, 1.165) is 0 Å². The Kier molecular flexibility index (Phi) is 12.0. The molecule has 0 aromatic heterocycles. The number of alkyl halides is 6. The van der Waals surface area contributed by atoms with Crippen LogP contribution in [0.2, 0.25) is 0 Å². The summed E-state index contributed by atoms with van der Waals surface area (Å²) in [5.74, 6) is 0. The van der Waals surface area contributed by atoms with Crippen LogP contribution >= 0.6 is 14.5 Å². The van der Waals surface area contributed by atoms with Crippen molar-refractivity contribution in [1.29, 1.82) is 0 Å². The van der Waals surface area contributed by atoms with Gasteiger partial charge in [-0.2, -0.15) is 26.3 Å². The molecule has 0 amide bonds. The number of benzene rings is 2. The summed E-state index contributed by atoms with van der Waals surface area (Å²) in [6, 6.07) is 23.0. The third-order valence-electron chi connectivity index (χ3n) is 6.89. The van der Waals surface area contributed by atoms with Gasteiger partial charge in [-0.1, -0.05) is 48.5 Å². The molecule has 0 spiro atoms. The van der Waals surface area contributed by atoms with E-state index in [1.54, 1.807) is 29.4 Å². The molecule has 2 bridgehead atoms. The predicted molar refractivity (Wildman–Crippen MR) is 145 cm³/mol. The molecule has 3 aliphatic rings. The monoisotopic (exact) mass is 654 g/mol. The predicted octanol–water partition coefficient (Wildman–Crippen LogP) is 5.85. The Morgan fingerprint density at radius 1 is 0.600 bits per heavy atom. The molecule has 0 saturated carbocycles. The lowest BCUT2D eigenvalue weighted by Crippen LogP contribution is -2.29. The minimum absolute atomic E-state index is 0.749. The number of hydrogen-bond acceptors (Lipinski definition) is 6. The highest BCUT2D eigenvalue weighted by Gasteiger charge is 2.49. The van der Waals surface area contributed by atoms with Gasteiger partial charge in [0.2, 0.25) is 0 Å². The normalized spacial score (nSPS) is 23.8. The van der Waals surface area contributed by atoms with Crippen molar-refractivity contribution < 1.29 is 52.3 Å². The summed E-state index contributed by atoms with van der Waals surface area (Å²) in [6.07, 6.45) is 15.2. The molecule has 16 heteroatoms. The van der Waals surface area contributed by atoms with Crippen LogP contribution in [0.25, 0.3) is 0 Å². The Bertz CT molecular complexity index is 1220. The molecule has 6 nitrogen and oxygen atoms in total. The van der Waals surface area contributed by atoms with E-state index >= 15 is 0 Å². The number of fused-ring (bicyclic) bond motifs is 6. The quantitative estimate of drug-likeness (QED) is 0.178. The van der Waals surface area contributed by atoms with Crippen molar-refractivity contribution in [2.75, 3.05) is 37.0 Å². The minimum Gasteiger partial charge on any atom is -0.741 e. The highest BCUT2D eigenvalue weighted by Crippen LogP contribution is 2.71. The van der Waals surface area contributed by atoms with Gasteiger partial charge in [0.25, 0.3) is 0 Å². The van der Waals surface area contributed by atoms with Crippen LogP contribution in [-0.2, 0) is 26.4 Å². The van der Waals surface area contributed by atoms with E-state index in [2.05, 4.69) is 60.7 Å². The van der Waals surface area contributed by atoms with Gasteiger partial charge in [-0.05, 0) is 17.7 Å². The Morgan fingerprint density at radius 3 is 1.25 bits per heavy atom. The van der Waals surface area contributed by atoms with E-state index < -0.39 is 45.8 Å². The SMILES string of the molecule is O=S(=O)([O-])C(F)(F)F.O=S(=O)([O-])C(F)(F)F.c1ccc(C[P+]23CCC[P+](c4ccccc4)(CCC2)CCC3)cc1. The van der Waals surface area contributed by atoms with Crippen LogP contribution < -0.4 is 5.30 Å². The summed E-state index contributed by atoms with van der Waals surface area (Å²) < 4.78 is 118. The number of hydrogen-bond donors (Lipinski definition) is 0. The Balaban J connectivity index is 0.000000290. The van der Waals surface area contributed by atoms with Gasteiger partial charge < -0.3 is 9.11 Å². The first kappa shape index (κ1) is 34.9. The lowest BCUT2D eigenvalue weighted by Gasteiger charge is -2.38. The average Bonchev–Trinajstić information content (AvgIpc) is 2.79. The first-order valence-electron chi connectivity index (χ1n) is 12.2. The maximum atomic E-state index is 10.7. The third-order valence-corrected chi connectivity index (χ3v) is 17.8. The first-order chi connectivity index (χ1) is 18.3. The number of halogens is 6. The third kappa shape index (κ3) is 10.2. The molecule has 3 fully saturated rings. The number of rotatable bonds is 3. The van der Waals surface area contributed by atoms with Gasteiger partial charge in [-0.15, -0.1) is 0 Å². The molecule has 3 saturated heterocycles. The smallest absolute Gasteiger partial charge is 0.485 e. The second-order valence-corrected chi connectivity index (χ2v) is 20.9. The second kappa shape index (κ2) is 13.8. The molecule has 2 aromatic carbocycles. The Morgan fingerprint density at radius 2 is 0.925 bits per heavy atom. The van der Waals surface area contributed by atoms with E-state index in [4.69, 9.17) is 25.9 Å². The van der Waals surface area contributed by atoms with Crippen LogP contribution in [-0.4, -0.2) is 73.9 Å². The zero-order chi connectivity index (χ0) is 30.3. The molecule has 0 unspecified atom stereocenters. The Labute approximate surface area is 231 Å². The molecule has 3 heterocycles. The molecule has 40 heavy (non-hydrogen) atoms. The van der Waals surface area contributed by atoms with Crippen molar-refractivity contribution in [3.05, 3.63) is 66.2 Å². The molecule has 0 aliphatic carbocycles. The summed E-state index contributed by atoms with van der Waals surface area (Å²) in [7, 11) is -13.8. The van der Waals surface area contributed by atoms with E-state index in [1.807, 2.05) is 0 Å². The Hall–Kier alpha value is -1.30. The lowest BCUT2D eigenvalue weighted by atomic mass is 10.2. The highest BCUT2D eigenvalue weighted by atomic mass is 32.2. The van der Waals surface area contributed by atoms with Crippen molar-refractivity contribution in [1.82, 2.24) is 0 Å². The summed E-state index contributed by atoms with van der Waals surface area (Å²) in [5.41, 5.74) is -9.68. The van der Waals surface area contributed by atoms with Gasteiger partial charge in [-0.3, -0.25) is 0 Å². The molecular formula is C24H30F6O6P2S2. The van der Waals surface area contributed by atoms with Crippen molar-refractivity contribution in [2.45, 2.75) is 36.4 Å². The fourth-order valence-corrected chi connectivity index (χ4v) is 15.0. The standard InChI is InChI=1S/C22H30P2.2CHF3O3S/c1-3-10-21(11-4-1)20-23-14-7-17-24(18-8-15-23,19-9-16-23)22-12-5-2-6-13-22;2*2-1(3,4)8(5,6)7/h1-6,10-13H,7-9,14-20H2;2*(H,5,6,7)/q+2;;/p-2. The van der Waals surface area contributed by atoms with Crippen molar-refractivity contribution in [3.8, 4) is 0 Å². The molecule has 226 valence electrons. The van der Waals surface area contributed by atoms with Gasteiger partial charge in [0, 0.05) is 33.8 Å². The average molecular weight is 655 g/mol. The van der Waals surface area contributed by atoms with Crippen LogP contribution in [0.1, 0.15) is 24.8 Å². The van der Waals surface area contributed by atoms with Crippen LogP contribution in [0.4, 0.5) is 26.3 Å². The first-order valence-corrected chi connectivity index (χ1v) is 19.8. The molecule has 0 atom stereocenters. The zero-order valence-corrected chi connectivity index (χ0v) is 24.7. The van der Waals surface area contributed by atoms with Gasteiger partial charge in [0.1, 0.15) is 0 Å². The zero-order valence-electron chi connectivity index (χ0n) is 21.3. The lowest BCUT2D eigenvalue weighted by molar-refractivity contribution is -0.0522. The molecular weight excluding hydrogens is 624 g/mol. The highest BCUT2D eigenvalue weighted by molar-refractivity contribution is 7.86. The maximum absolute atomic E-state index is 10.7. The second-order valence-electron chi connectivity index (χ2n) is 9.67. The van der Waals surface area contributed by atoms with Crippen LogP contribution in [0.5, 0.6) is 0 Å². The van der Waals surface area contributed by atoms with E-state index in [9.17, 15) is 26.3 Å². The summed E-state index contributed by atoms with van der Waals surface area (Å²) in [6.45, 7) is 0. The van der Waals surface area contributed by atoms with Crippen LogP contribution in [0.3, 0.4) is 0 Å². The van der Waals surface area contributed by atoms with Crippen LogP contribution in [0.15, 0.2) is 60.7 Å². The molecule has 3 aliphatic heterocycles. The van der Waals surface area contributed by atoms with E-state index in [0.29, 0.717) is 0 Å². The van der Waals surface area contributed by atoms with Gasteiger partial charge >= 0.3 is 11.0 Å². The minimum atomic E-state index is -6.09. The topological polar surface area (TPSA) is 114 Å². The van der Waals surface area contributed by atoms with Gasteiger partial charge in [-0.25, -0.2) is 16.8 Å². The molecule has 0 N–H and O–H groups in total. The maximum Gasteiger partial charge on any atom is 0.485 e. The van der Waals surface area contributed by atoms with E-state index in [-0.39, 0.29) is 0 Å². The summed E-state index contributed by atoms with van der Waals surface area (Å²) in [5, 5.41) is 1.74. The van der Waals surface area contributed by atoms with Crippen molar-refractivity contribution in [2.24, 2.45) is 0 Å². The summed E-state index contributed by atoms with van der Waals surface area (Å²) >= 11 is 0. The van der Waals surface area contributed by atoms with Crippen molar-refractivity contribution in [3.63, 3.8) is 0 Å². The van der Waals surface area contributed by atoms with E-state index in [1.165, 1.54) is 43.9 Å². The summed E-state index contributed by atoms with van der Waals surface area (Å²) in [4.78, 5) is 0. The fourth-order valence-electron chi connectivity index (χ4n) is 5.14. The molecule has 2 aromatic rings. The van der Waals surface area contributed by atoms with Crippen molar-refractivity contribution >= 4 is 40.1 Å². The van der Waals surface area contributed by atoms with Crippen LogP contribution in [0, 0.1) is 0 Å². The van der Waals surface area contributed by atoms with Gasteiger partial charge in [0.15, 0.2) is 20.2 Å². The van der Waals surface area contributed by atoms with Gasteiger partial charge in [0.05, 0.1) is 48.4 Å².